The molecule has 31 heavy (non-hydrogen) atoms. The van der Waals surface area contributed by atoms with Gasteiger partial charge in [-0.1, -0.05) is 48.0 Å². The second-order valence-corrected chi connectivity index (χ2v) is 10.6. The van der Waals surface area contributed by atoms with Crippen LogP contribution in [-0.4, -0.2) is 20.9 Å². The molecule has 0 spiro atoms. The fraction of sp³-hybridized carbons (Fsp3) is 0.480. The van der Waals surface area contributed by atoms with E-state index in [2.05, 4.69) is 10.0 Å². The molecule has 2 aromatic carbocycles. The van der Waals surface area contributed by atoms with Crippen LogP contribution in [0, 0.1) is 32.6 Å². The highest BCUT2D eigenvalue weighted by atomic mass is 32.2. The van der Waals surface area contributed by atoms with Crippen molar-refractivity contribution in [2.24, 2.45) is 11.8 Å². The molecule has 0 radical (unpaired) electrons. The summed E-state index contributed by atoms with van der Waals surface area (Å²) in [4.78, 5) is 13.1. The van der Waals surface area contributed by atoms with E-state index in [4.69, 9.17) is 0 Å². The quantitative estimate of drug-likeness (QED) is 0.659. The molecule has 1 atom stereocenters. The second-order valence-electron chi connectivity index (χ2n) is 8.94. The first-order valence-corrected chi connectivity index (χ1v) is 12.6. The number of carbonyl (C=O) groups is 1. The highest BCUT2D eigenvalue weighted by molar-refractivity contribution is 7.89. The Labute approximate surface area is 186 Å². The van der Waals surface area contributed by atoms with Crippen LogP contribution in [0.5, 0.6) is 0 Å². The number of carbonyl (C=O) groups excluding carboxylic acids is 1. The lowest BCUT2D eigenvalue weighted by atomic mass is 9.81. The number of rotatable bonds is 7. The lowest BCUT2D eigenvalue weighted by molar-refractivity contribution is -0.126. The molecule has 0 unspecified atom stereocenters. The molecule has 1 fully saturated rings. The Morgan fingerprint density at radius 1 is 1.00 bits per heavy atom. The summed E-state index contributed by atoms with van der Waals surface area (Å²) in [5, 5.41) is 3.13. The molecule has 168 valence electrons. The number of sulfonamides is 1. The molecular formula is C25H34N2O3S. The van der Waals surface area contributed by atoms with Gasteiger partial charge < -0.3 is 5.32 Å². The summed E-state index contributed by atoms with van der Waals surface area (Å²) in [5.41, 5.74) is 3.71. The molecule has 6 heteroatoms. The van der Waals surface area contributed by atoms with Crippen molar-refractivity contribution in [2.45, 2.75) is 64.3 Å². The van der Waals surface area contributed by atoms with Crippen molar-refractivity contribution in [1.29, 1.82) is 0 Å². The molecule has 2 N–H and O–H groups in total. The van der Waals surface area contributed by atoms with Crippen LogP contribution in [0.3, 0.4) is 0 Å². The van der Waals surface area contributed by atoms with Crippen molar-refractivity contribution < 1.29 is 13.2 Å². The fourth-order valence-electron chi connectivity index (χ4n) is 4.68. The van der Waals surface area contributed by atoms with Crippen LogP contribution in [0.1, 0.15) is 60.9 Å². The average molecular weight is 443 g/mol. The van der Waals surface area contributed by atoms with Crippen LogP contribution in [0.15, 0.2) is 47.4 Å². The summed E-state index contributed by atoms with van der Waals surface area (Å²) in [6.45, 7) is 8.08. The topological polar surface area (TPSA) is 75.3 Å². The molecule has 1 aliphatic carbocycles. The number of hydrogen-bond acceptors (Lipinski definition) is 3. The van der Waals surface area contributed by atoms with Crippen molar-refractivity contribution in [3.05, 3.63) is 64.7 Å². The largest absolute Gasteiger partial charge is 0.349 e. The first kappa shape index (κ1) is 23.5. The highest BCUT2D eigenvalue weighted by Gasteiger charge is 2.28. The minimum atomic E-state index is -3.54. The Balaban J connectivity index is 1.51. The Morgan fingerprint density at radius 3 is 2.16 bits per heavy atom. The van der Waals surface area contributed by atoms with E-state index in [-0.39, 0.29) is 23.8 Å². The van der Waals surface area contributed by atoms with E-state index in [1.165, 1.54) is 0 Å². The molecule has 1 amide bonds. The van der Waals surface area contributed by atoms with E-state index in [1.54, 1.807) is 0 Å². The SMILES string of the molecule is Cc1cc(C)c(S(=O)(=O)NCC2CCC(C(=O)N[C@H](C)c3ccccc3)CC2)c(C)c1. The maximum absolute atomic E-state index is 12.9. The van der Waals surface area contributed by atoms with Gasteiger partial charge in [0.25, 0.3) is 0 Å². The summed E-state index contributed by atoms with van der Waals surface area (Å²) in [6.07, 6.45) is 3.29. The van der Waals surface area contributed by atoms with Crippen LogP contribution in [-0.2, 0) is 14.8 Å². The number of benzene rings is 2. The maximum atomic E-state index is 12.9. The van der Waals surface area contributed by atoms with Gasteiger partial charge >= 0.3 is 0 Å². The molecule has 5 nitrogen and oxygen atoms in total. The molecule has 1 aliphatic rings. The maximum Gasteiger partial charge on any atom is 0.241 e. The molecule has 0 bridgehead atoms. The number of nitrogens with one attached hydrogen (secondary N) is 2. The van der Waals surface area contributed by atoms with Gasteiger partial charge in [-0.25, -0.2) is 13.1 Å². The minimum Gasteiger partial charge on any atom is -0.349 e. The van der Waals surface area contributed by atoms with Crippen LogP contribution >= 0.6 is 0 Å². The van der Waals surface area contributed by atoms with Gasteiger partial charge in [-0.2, -0.15) is 0 Å². The van der Waals surface area contributed by atoms with Gasteiger partial charge in [0.2, 0.25) is 15.9 Å². The van der Waals surface area contributed by atoms with E-state index in [9.17, 15) is 13.2 Å². The Bertz CT molecular complexity index is 987. The van der Waals surface area contributed by atoms with Crippen molar-refractivity contribution in [1.82, 2.24) is 10.0 Å². The zero-order chi connectivity index (χ0) is 22.6. The predicted molar refractivity (Wildman–Crippen MR) is 124 cm³/mol. The summed E-state index contributed by atoms with van der Waals surface area (Å²) in [7, 11) is -3.54. The zero-order valence-electron chi connectivity index (χ0n) is 18.9. The molecule has 0 aromatic heterocycles. The molecular weight excluding hydrogens is 408 g/mol. The van der Waals surface area contributed by atoms with Gasteiger partial charge in [0.05, 0.1) is 10.9 Å². The summed E-state index contributed by atoms with van der Waals surface area (Å²) < 4.78 is 28.6. The zero-order valence-corrected chi connectivity index (χ0v) is 19.8. The van der Waals surface area contributed by atoms with E-state index in [0.717, 1.165) is 47.9 Å². The van der Waals surface area contributed by atoms with E-state index < -0.39 is 10.0 Å². The van der Waals surface area contributed by atoms with E-state index >= 15 is 0 Å². The number of hydrogen-bond donors (Lipinski definition) is 2. The smallest absolute Gasteiger partial charge is 0.241 e. The molecule has 0 saturated heterocycles. The van der Waals surface area contributed by atoms with Gasteiger partial charge in [0.15, 0.2) is 0 Å². The molecule has 1 saturated carbocycles. The third kappa shape index (κ3) is 5.95. The Hall–Kier alpha value is -2.18. The standard InChI is InChI=1S/C25H34N2O3S/c1-17-14-18(2)24(19(3)15-17)31(29,30)26-16-21-10-12-23(13-11-21)25(28)27-20(4)22-8-6-5-7-9-22/h5-9,14-15,20-21,23,26H,10-13,16H2,1-4H3,(H,27,28)/t20-,21?,23?/m1/s1. The number of aryl methyl sites for hydroxylation is 3. The van der Waals surface area contributed by atoms with Crippen LogP contribution in [0.2, 0.25) is 0 Å². The van der Waals surface area contributed by atoms with Gasteiger partial charge in [-0.05, 0) is 76.0 Å². The van der Waals surface area contributed by atoms with Gasteiger partial charge in [-0.3, -0.25) is 4.79 Å². The van der Waals surface area contributed by atoms with Crippen molar-refractivity contribution in [3.8, 4) is 0 Å². The number of amides is 1. The highest BCUT2D eigenvalue weighted by Crippen LogP contribution is 2.30. The van der Waals surface area contributed by atoms with Crippen molar-refractivity contribution in [2.75, 3.05) is 6.54 Å². The van der Waals surface area contributed by atoms with Crippen LogP contribution < -0.4 is 10.0 Å². The van der Waals surface area contributed by atoms with Gasteiger partial charge in [0.1, 0.15) is 0 Å². The molecule has 0 aliphatic heterocycles. The van der Waals surface area contributed by atoms with Crippen LogP contribution in [0.25, 0.3) is 0 Å². The average Bonchev–Trinajstić information content (AvgIpc) is 2.72. The monoisotopic (exact) mass is 442 g/mol. The van der Waals surface area contributed by atoms with E-state index in [0.29, 0.717) is 11.4 Å². The van der Waals surface area contributed by atoms with Gasteiger partial charge in [0, 0.05) is 12.5 Å². The third-order valence-corrected chi connectivity index (χ3v) is 8.04. The Kier molecular flexibility index (Phi) is 7.55. The van der Waals surface area contributed by atoms with Crippen LogP contribution in [0.4, 0.5) is 0 Å². The first-order chi connectivity index (χ1) is 14.7. The fourth-order valence-corrected chi connectivity index (χ4v) is 6.24. The first-order valence-electron chi connectivity index (χ1n) is 11.1. The summed E-state index contributed by atoms with van der Waals surface area (Å²) in [6, 6.07) is 13.8. The van der Waals surface area contributed by atoms with Gasteiger partial charge in [-0.15, -0.1) is 0 Å². The second kappa shape index (κ2) is 9.96. The van der Waals surface area contributed by atoms with Crippen molar-refractivity contribution in [3.63, 3.8) is 0 Å². The van der Waals surface area contributed by atoms with Crippen molar-refractivity contribution >= 4 is 15.9 Å². The lowest BCUT2D eigenvalue weighted by Gasteiger charge is -2.29. The summed E-state index contributed by atoms with van der Waals surface area (Å²) in [5.74, 6) is 0.360. The molecule has 3 rings (SSSR count). The van der Waals surface area contributed by atoms with E-state index in [1.807, 2.05) is 70.2 Å². The molecule has 0 heterocycles. The summed E-state index contributed by atoms with van der Waals surface area (Å²) >= 11 is 0. The predicted octanol–water partition coefficient (Wildman–Crippen LogP) is 4.57. The Morgan fingerprint density at radius 2 is 1.58 bits per heavy atom. The minimum absolute atomic E-state index is 0.000562. The molecule has 2 aromatic rings. The lowest BCUT2D eigenvalue weighted by Crippen LogP contribution is -2.37. The third-order valence-electron chi connectivity index (χ3n) is 6.31. The normalized spacial score (nSPS) is 20.3.